The van der Waals surface area contributed by atoms with Crippen molar-refractivity contribution in [2.45, 2.75) is 99.3 Å². The van der Waals surface area contributed by atoms with Gasteiger partial charge in [-0.3, -0.25) is 0 Å². The van der Waals surface area contributed by atoms with Crippen molar-refractivity contribution in [3.8, 4) is 0 Å². The van der Waals surface area contributed by atoms with Gasteiger partial charge in [-0.25, -0.2) is 0 Å². The van der Waals surface area contributed by atoms with E-state index in [4.69, 9.17) is 0 Å². The number of hydrogen-bond donors (Lipinski definition) is 1. The van der Waals surface area contributed by atoms with Gasteiger partial charge in [-0.15, -0.1) is 0 Å². The van der Waals surface area contributed by atoms with Crippen molar-refractivity contribution in [2.75, 3.05) is 13.1 Å². The molecule has 0 atom stereocenters. The molecule has 19 heavy (non-hydrogen) atoms. The molecule has 0 aromatic rings. The Morgan fingerprint density at radius 3 is 1.89 bits per heavy atom. The summed E-state index contributed by atoms with van der Waals surface area (Å²) < 4.78 is 0. The Hall–Kier alpha value is -0.0400. The molecular formula is C18H43N. The summed E-state index contributed by atoms with van der Waals surface area (Å²) in [5.74, 6) is 0. The van der Waals surface area contributed by atoms with Crippen LogP contribution in [-0.2, 0) is 0 Å². The highest BCUT2D eigenvalue weighted by molar-refractivity contribution is 4.68. The van der Waals surface area contributed by atoms with Gasteiger partial charge in [0, 0.05) is 1.43 Å². The highest BCUT2D eigenvalue weighted by Gasteiger charge is 2.15. The zero-order valence-electron chi connectivity index (χ0n) is 13.5. The van der Waals surface area contributed by atoms with E-state index in [-0.39, 0.29) is 8.85 Å². The predicted molar refractivity (Wildman–Crippen MR) is 93.0 cm³/mol. The monoisotopic (exact) mass is 273 g/mol. The number of unbranched alkanes of at least 4 members (excludes halogenated alkanes) is 5. The second-order valence-electron chi connectivity index (χ2n) is 6.54. The van der Waals surface area contributed by atoms with Crippen molar-refractivity contribution < 1.29 is 1.43 Å². The lowest BCUT2D eigenvalue weighted by atomic mass is 9.82. The topological polar surface area (TPSA) is 12.0 Å². The Bertz CT molecular complexity index is 169. The molecule has 1 nitrogen and oxygen atoms in total. The van der Waals surface area contributed by atoms with Crippen LogP contribution in [-0.4, -0.2) is 13.1 Å². The summed E-state index contributed by atoms with van der Waals surface area (Å²) in [6, 6.07) is 0. The lowest BCUT2D eigenvalue weighted by molar-refractivity contribution is 0.285. The minimum Gasteiger partial charge on any atom is -0.317 e. The Labute approximate surface area is 125 Å². The van der Waals surface area contributed by atoms with Gasteiger partial charge in [0.15, 0.2) is 0 Å². The Balaban J connectivity index is -0.00000144. The van der Waals surface area contributed by atoms with E-state index in [2.05, 4.69) is 33.0 Å². The van der Waals surface area contributed by atoms with Gasteiger partial charge in [0.1, 0.15) is 0 Å². The van der Waals surface area contributed by atoms with E-state index in [1.807, 2.05) is 0 Å². The molecule has 0 aromatic carbocycles. The van der Waals surface area contributed by atoms with E-state index >= 15 is 0 Å². The van der Waals surface area contributed by atoms with Crippen molar-refractivity contribution >= 4 is 0 Å². The lowest BCUT2D eigenvalue weighted by Crippen LogP contribution is -2.16. The van der Waals surface area contributed by atoms with Crippen LogP contribution in [0.5, 0.6) is 0 Å². The zero-order chi connectivity index (χ0) is 13.7. The summed E-state index contributed by atoms with van der Waals surface area (Å²) in [6.07, 6.45) is 13.8. The zero-order valence-corrected chi connectivity index (χ0v) is 13.5. The highest BCUT2D eigenvalue weighted by atomic mass is 14.8. The summed E-state index contributed by atoms with van der Waals surface area (Å²) in [4.78, 5) is 0. The molecule has 0 aliphatic rings. The van der Waals surface area contributed by atoms with Crippen LogP contribution in [0.1, 0.15) is 101 Å². The molecule has 120 valence electrons. The quantitative estimate of drug-likeness (QED) is 0.381. The summed E-state index contributed by atoms with van der Waals surface area (Å²) in [6.45, 7) is 11.9. The van der Waals surface area contributed by atoms with E-state index in [1.54, 1.807) is 0 Å². The molecule has 0 aromatic heterocycles. The van der Waals surface area contributed by atoms with Crippen LogP contribution in [0.15, 0.2) is 0 Å². The summed E-state index contributed by atoms with van der Waals surface area (Å²) in [5, 5.41) is 3.52. The Morgan fingerprint density at radius 1 is 0.737 bits per heavy atom. The normalized spacial score (nSPS) is 11.4. The van der Waals surface area contributed by atoms with Gasteiger partial charge in [-0.1, -0.05) is 73.6 Å². The molecule has 0 aliphatic carbocycles. The molecule has 1 N–H and O–H groups in total. The van der Waals surface area contributed by atoms with E-state index in [9.17, 15) is 0 Å². The molecule has 0 radical (unpaired) electrons. The molecule has 0 bridgehead atoms. The van der Waals surface area contributed by atoms with Crippen LogP contribution in [0.2, 0.25) is 0 Å². The molecule has 0 aliphatic heterocycles. The molecule has 0 rings (SSSR count). The van der Waals surface area contributed by atoms with Gasteiger partial charge in [-0.05, 0) is 44.2 Å². The van der Waals surface area contributed by atoms with Crippen molar-refractivity contribution in [3.05, 3.63) is 0 Å². The molecule has 0 spiro atoms. The van der Waals surface area contributed by atoms with Gasteiger partial charge in [0.05, 0.1) is 0 Å². The van der Waals surface area contributed by atoms with Crippen molar-refractivity contribution in [3.63, 3.8) is 0 Å². The second-order valence-corrected chi connectivity index (χ2v) is 6.54. The molecule has 0 fully saturated rings. The van der Waals surface area contributed by atoms with Gasteiger partial charge in [0.2, 0.25) is 0 Å². The van der Waals surface area contributed by atoms with E-state index in [0.29, 0.717) is 5.41 Å². The van der Waals surface area contributed by atoms with Gasteiger partial charge >= 0.3 is 0 Å². The van der Waals surface area contributed by atoms with E-state index in [0.717, 1.165) is 0 Å². The maximum Gasteiger partial charge on any atom is 0 e. The van der Waals surface area contributed by atoms with Crippen LogP contribution in [0.3, 0.4) is 0 Å². The molecule has 0 amide bonds. The third-order valence-electron chi connectivity index (χ3n) is 3.87. The molecule has 1 heteroatoms. The minimum absolute atomic E-state index is 0. The summed E-state index contributed by atoms with van der Waals surface area (Å²) >= 11 is 0. The molecule has 0 saturated carbocycles. The third kappa shape index (κ3) is 15.9. The van der Waals surface area contributed by atoms with Crippen LogP contribution < -0.4 is 5.32 Å². The minimum atomic E-state index is 0. The van der Waals surface area contributed by atoms with Crippen molar-refractivity contribution in [1.82, 2.24) is 5.32 Å². The Morgan fingerprint density at radius 2 is 1.26 bits per heavy atom. The largest absolute Gasteiger partial charge is 0.317 e. The Kier molecular flexibility index (Phi) is 16.1. The average molecular weight is 274 g/mol. The van der Waals surface area contributed by atoms with E-state index < -0.39 is 0 Å². The smallest absolute Gasteiger partial charge is 0 e. The highest BCUT2D eigenvalue weighted by Crippen LogP contribution is 2.29. The maximum atomic E-state index is 3.52. The van der Waals surface area contributed by atoms with Gasteiger partial charge in [0.25, 0.3) is 0 Å². The first-order chi connectivity index (χ1) is 8.62. The molecule has 0 unspecified atom stereocenters. The van der Waals surface area contributed by atoms with Gasteiger partial charge in [-0.2, -0.15) is 0 Å². The lowest BCUT2D eigenvalue weighted by Gasteiger charge is -2.24. The number of rotatable bonds is 13. The van der Waals surface area contributed by atoms with Crippen LogP contribution in [0, 0.1) is 5.41 Å². The van der Waals surface area contributed by atoms with Crippen LogP contribution >= 0.6 is 0 Å². The maximum absolute atomic E-state index is 3.52. The van der Waals surface area contributed by atoms with Crippen molar-refractivity contribution in [1.29, 1.82) is 0 Å². The fraction of sp³-hybridized carbons (Fsp3) is 1.00. The van der Waals surface area contributed by atoms with E-state index in [1.165, 1.54) is 77.3 Å². The summed E-state index contributed by atoms with van der Waals surface area (Å²) in [7, 11) is 0. The molecule has 0 saturated heterocycles. The molecular weight excluding hydrogens is 230 g/mol. The fourth-order valence-corrected chi connectivity index (χ4v) is 2.41. The first-order valence-corrected chi connectivity index (χ1v) is 8.33. The number of nitrogens with one attached hydrogen (secondary N) is 1. The van der Waals surface area contributed by atoms with Crippen LogP contribution in [0.4, 0.5) is 0 Å². The molecule has 0 heterocycles. The number of hydrogen-bond acceptors (Lipinski definition) is 1. The predicted octanol–water partition coefficient (Wildman–Crippen LogP) is 6.43. The second kappa shape index (κ2) is 14.4. The first kappa shape index (κ1) is 21.3. The first-order valence-electron chi connectivity index (χ1n) is 8.33. The third-order valence-corrected chi connectivity index (χ3v) is 3.87. The van der Waals surface area contributed by atoms with Crippen LogP contribution in [0.25, 0.3) is 0 Å². The van der Waals surface area contributed by atoms with Gasteiger partial charge < -0.3 is 5.32 Å². The van der Waals surface area contributed by atoms with Crippen molar-refractivity contribution in [2.24, 2.45) is 5.41 Å². The summed E-state index contributed by atoms with van der Waals surface area (Å²) in [5.41, 5.74) is 0.579. The average Bonchev–Trinajstić information content (AvgIpc) is 2.34. The SMILES string of the molecule is C.CCCCNCCCCCCC(C)(C)CCCC.[HH]. The standard InChI is InChI=1S/C17H37N.CH4.H2/c1-5-7-13-17(3,4)14-11-9-10-12-16-18-15-8-6-2;;/h18H,5-16H2,1-4H3;1H4;1H. The fourth-order valence-electron chi connectivity index (χ4n) is 2.41.